The highest BCUT2D eigenvalue weighted by Crippen LogP contribution is 2.42. The number of hydrogen-bond donors (Lipinski definition) is 0. The van der Waals surface area contributed by atoms with Crippen molar-refractivity contribution in [3.8, 4) is 0 Å². The minimum atomic E-state index is -0.0747. The van der Waals surface area contributed by atoms with E-state index in [2.05, 4.69) is 113 Å². The van der Waals surface area contributed by atoms with E-state index in [1.165, 1.54) is 19.3 Å². The molecule has 0 aliphatic carbocycles. The number of halogens is 2. The normalized spacial score (nSPS) is 14.8. The highest BCUT2D eigenvalue weighted by atomic mass is 79.9. The van der Waals surface area contributed by atoms with Gasteiger partial charge in [0.2, 0.25) is 0 Å². The van der Waals surface area contributed by atoms with E-state index in [9.17, 15) is 0 Å². The fourth-order valence-corrected chi connectivity index (χ4v) is 6.39. The van der Waals surface area contributed by atoms with Crippen molar-refractivity contribution in [2.24, 2.45) is 21.7 Å². The molecule has 0 radical (unpaired) electrons. The molecule has 0 aromatic carbocycles. The Bertz CT molecular complexity index is 316. The average Bonchev–Trinajstić information content (AvgIpc) is 1.97. The van der Waals surface area contributed by atoms with Crippen LogP contribution in [0.1, 0.15) is 123 Å². The summed E-state index contributed by atoms with van der Waals surface area (Å²) in [5.74, 6) is 0. The van der Waals surface area contributed by atoms with Crippen molar-refractivity contribution in [2.75, 3.05) is 0 Å². The van der Waals surface area contributed by atoms with Crippen LogP contribution in [0.2, 0.25) is 0 Å². The van der Waals surface area contributed by atoms with E-state index in [1.807, 2.05) is 0 Å². The standard InChI is InChI=1S/C12H25Br.C12H25Cl/c2*1-10(2,3)8-11(4,5)9-12(6,7)13/h2*8-9H2,1-7H3. The molecule has 0 N–H and O–H groups in total. The SMILES string of the molecule is CC(C)(C)CC(C)(C)CC(C)(C)Br.CC(C)(C)CC(C)(C)CC(C)(C)Cl. The second kappa shape index (κ2) is 9.51. The smallest absolute Gasteiger partial charge is 0.0395 e. The molecule has 0 aliphatic heterocycles. The summed E-state index contributed by atoms with van der Waals surface area (Å²) in [5, 5.41) is 0. The van der Waals surface area contributed by atoms with E-state index in [0.29, 0.717) is 21.7 Å². The molecule has 0 unspecified atom stereocenters. The molecule has 0 fully saturated rings. The zero-order valence-electron chi connectivity index (χ0n) is 20.6. The van der Waals surface area contributed by atoms with Gasteiger partial charge in [0.1, 0.15) is 0 Å². The van der Waals surface area contributed by atoms with Crippen LogP contribution in [0.15, 0.2) is 0 Å². The van der Waals surface area contributed by atoms with E-state index < -0.39 is 0 Å². The molecule has 0 aliphatic rings. The summed E-state index contributed by atoms with van der Waals surface area (Å²) in [6.45, 7) is 31.8. The first-order chi connectivity index (χ1) is 10.8. The maximum absolute atomic E-state index is 6.25. The Morgan fingerprint density at radius 1 is 0.500 bits per heavy atom. The molecule has 0 amide bonds. The maximum atomic E-state index is 6.25. The third-order valence-electron chi connectivity index (χ3n) is 3.82. The zero-order valence-corrected chi connectivity index (χ0v) is 22.9. The molecule has 0 heterocycles. The van der Waals surface area contributed by atoms with E-state index in [-0.39, 0.29) is 9.20 Å². The molecule has 2 heteroatoms. The van der Waals surface area contributed by atoms with Gasteiger partial charge in [0.05, 0.1) is 0 Å². The molecule has 0 saturated carbocycles. The van der Waals surface area contributed by atoms with Crippen molar-refractivity contribution in [1.82, 2.24) is 0 Å². The molecule has 26 heavy (non-hydrogen) atoms. The Labute approximate surface area is 180 Å². The van der Waals surface area contributed by atoms with E-state index >= 15 is 0 Å². The predicted molar refractivity (Wildman–Crippen MR) is 128 cm³/mol. The van der Waals surface area contributed by atoms with Gasteiger partial charge in [-0.15, -0.1) is 11.6 Å². The second-order valence-corrected chi connectivity index (χ2v) is 16.8. The van der Waals surface area contributed by atoms with Crippen molar-refractivity contribution in [3.63, 3.8) is 0 Å². The van der Waals surface area contributed by atoms with Crippen molar-refractivity contribution < 1.29 is 0 Å². The quantitative estimate of drug-likeness (QED) is 0.351. The van der Waals surface area contributed by atoms with Crippen molar-refractivity contribution in [2.45, 2.75) is 132 Å². The molecular formula is C24H50BrCl. The first-order valence-corrected chi connectivity index (χ1v) is 11.4. The van der Waals surface area contributed by atoms with Crippen LogP contribution in [-0.4, -0.2) is 9.20 Å². The van der Waals surface area contributed by atoms with Crippen LogP contribution in [0.5, 0.6) is 0 Å². The third-order valence-corrected chi connectivity index (χ3v) is 4.23. The molecule has 0 nitrogen and oxygen atoms in total. The molecule has 0 rings (SSSR count). The first kappa shape index (κ1) is 29.0. The van der Waals surface area contributed by atoms with Crippen LogP contribution >= 0.6 is 27.5 Å². The van der Waals surface area contributed by atoms with Gasteiger partial charge >= 0.3 is 0 Å². The average molecular weight is 454 g/mol. The summed E-state index contributed by atoms with van der Waals surface area (Å²) in [6.07, 6.45) is 4.78. The minimum absolute atomic E-state index is 0.0747. The minimum Gasteiger partial charge on any atom is -0.120 e. The van der Waals surface area contributed by atoms with Gasteiger partial charge in [-0.2, -0.15) is 0 Å². The highest BCUT2D eigenvalue weighted by molar-refractivity contribution is 9.10. The van der Waals surface area contributed by atoms with Crippen LogP contribution in [0.3, 0.4) is 0 Å². The molecule has 0 aromatic rings. The van der Waals surface area contributed by atoms with Crippen LogP contribution < -0.4 is 0 Å². The molecule has 0 spiro atoms. The second-order valence-electron chi connectivity index (χ2n) is 13.6. The Balaban J connectivity index is 0. The van der Waals surface area contributed by atoms with E-state index in [0.717, 1.165) is 6.42 Å². The zero-order chi connectivity index (χ0) is 21.8. The highest BCUT2D eigenvalue weighted by Gasteiger charge is 2.31. The van der Waals surface area contributed by atoms with Gasteiger partial charge in [0.15, 0.2) is 0 Å². The first-order valence-electron chi connectivity index (χ1n) is 10.2. The van der Waals surface area contributed by atoms with Gasteiger partial charge in [-0.25, -0.2) is 0 Å². The topological polar surface area (TPSA) is 0 Å². The lowest BCUT2D eigenvalue weighted by molar-refractivity contribution is 0.185. The summed E-state index contributed by atoms with van der Waals surface area (Å²) in [4.78, 5) is -0.0747. The number of alkyl halides is 2. The molecular weight excluding hydrogens is 404 g/mol. The van der Waals surface area contributed by atoms with Crippen LogP contribution in [0.4, 0.5) is 0 Å². The van der Waals surface area contributed by atoms with Crippen LogP contribution in [-0.2, 0) is 0 Å². The van der Waals surface area contributed by atoms with E-state index in [4.69, 9.17) is 11.6 Å². The van der Waals surface area contributed by atoms with Gasteiger partial charge in [0.25, 0.3) is 0 Å². The van der Waals surface area contributed by atoms with Gasteiger partial charge in [-0.1, -0.05) is 99.0 Å². The van der Waals surface area contributed by atoms with Crippen LogP contribution in [0, 0.1) is 21.7 Å². The predicted octanol–water partition coefficient (Wildman–Crippen LogP) is 9.87. The third kappa shape index (κ3) is 22.8. The van der Waals surface area contributed by atoms with Crippen LogP contribution in [0.25, 0.3) is 0 Å². The fraction of sp³-hybridized carbons (Fsp3) is 1.00. The Morgan fingerprint density at radius 3 is 0.962 bits per heavy atom. The largest absolute Gasteiger partial charge is 0.120 e. The van der Waals surface area contributed by atoms with Crippen molar-refractivity contribution in [1.29, 1.82) is 0 Å². The Morgan fingerprint density at radius 2 is 0.769 bits per heavy atom. The summed E-state index contributed by atoms with van der Waals surface area (Å²) in [5.41, 5.74) is 1.59. The van der Waals surface area contributed by atoms with Gasteiger partial charge in [-0.3, -0.25) is 0 Å². The number of rotatable bonds is 6. The molecule has 0 bridgehead atoms. The molecule has 0 aromatic heterocycles. The lowest BCUT2D eigenvalue weighted by Crippen LogP contribution is -2.27. The maximum Gasteiger partial charge on any atom is 0.0395 e. The summed E-state index contributed by atoms with van der Waals surface area (Å²) in [7, 11) is 0. The van der Waals surface area contributed by atoms with Crippen molar-refractivity contribution >= 4 is 27.5 Å². The van der Waals surface area contributed by atoms with Crippen molar-refractivity contribution in [3.05, 3.63) is 0 Å². The Kier molecular flexibility index (Phi) is 10.6. The van der Waals surface area contributed by atoms with Gasteiger partial charge in [0, 0.05) is 9.20 Å². The lowest BCUT2D eigenvalue weighted by Gasteiger charge is -2.36. The monoisotopic (exact) mass is 452 g/mol. The summed E-state index contributed by atoms with van der Waals surface area (Å²) >= 11 is 9.97. The Hall–Kier alpha value is 0.770. The summed E-state index contributed by atoms with van der Waals surface area (Å²) in [6, 6.07) is 0. The molecule has 0 atom stereocenters. The summed E-state index contributed by atoms with van der Waals surface area (Å²) < 4.78 is 0.266. The van der Waals surface area contributed by atoms with E-state index in [1.54, 1.807) is 0 Å². The van der Waals surface area contributed by atoms with Gasteiger partial charge < -0.3 is 0 Å². The number of hydrogen-bond acceptors (Lipinski definition) is 0. The lowest BCUT2D eigenvalue weighted by atomic mass is 9.72. The molecule has 160 valence electrons. The molecule has 0 saturated heterocycles. The fourth-order valence-electron chi connectivity index (χ4n) is 5.27. The van der Waals surface area contributed by atoms with Gasteiger partial charge in [-0.05, 0) is 61.2 Å².